The number of carbonyl (C=O) groups excluding carboxylic acids is 1. The van der Waals surface area contributed by atoms with Crippen LogP contribution in [0, 0.1) is 51.2 Å². The number of aliphatic hydroxyl groups is 1. The average molecular weight is 457 g/mol. The van der Waals surface area contributed by atoms with Gasteiger partial charge in [-0.25, -0.2) is 0 Å². The van der Waals surface area contributed by atoms with Gasteiger partial charge in [0.15, 0.2) is 0 Å². The second kappa shape index (κ2) is 7.94. The molecule has 0 amide bonds. The van der Waals surface area contributed by atoms with Crippen molar-refractivity contribution >= 4 is 5.78 Å². The smallest absolute Gasteiger partial charge is 0.138 e. The largest absolute Gasteiger partial charge is 0.390 e. The minimum absolute atomic E-state index is 0.173. The number of hydrogen-bond acceptors (Lipinski definition) is 2. The molecule has 9 unspecified atom stereocenters. The third kappa shape index (κ3) is 3.54. The molecule has 0 saturated heterocycles. The van der Waals surface area contributed by atoms with Crippen LogP contribution in [0.3, 0.4) is 0 Å². The van der Waals surface area contributed by atoms with E-state index < -0.39 is 5.60 Å². The van der Waals surface area contributed by atoms with Crippen molar-refractivity contribution < 1.29 is 9.90 Å². The number of rotatable bonds is 5. The highest BCUT2D eigenvalue weighted by molar-refractivity contribution is 5.85. The number of allylic oxidation sites excluding steroid dienone is 1. The summed E-state index contributed by atoms with van der Waals surface area (Å²) in [5, 5.41) is 11.7. The van der Waals surface area contributed by atoms with E-state index in [0.717, 1.165) is 25.7 Å². The summed E-state index contributed by atoms with van der Waals surface area (Å²) in [4.78, 5) is 12.9. The molecular formula is C31H52O2. The zero-order valence-corrected chi connectivity index (χ0v) is 23.0. The van der Waals surface area contributed by atoms with E-state index in [-0.39, 0.29) is 10.8 Å². The van der Waals surface area contributed by atoms with Crippen LogP contribution in [0.5, 0.6) is 0 Å². The van der Waals surface area contributed by atoms with Crippen LogP contribution >= 0.6 is 0 Å². The van der Waals surface area contributed by atoms with Crippen molar-refractivity contribution in [3.8, 4) is 0 Å². The summed E-state index contributed by atoms with van der Waals surface area (Å²) in [6.45, 7) is 22.9. The molecule has 1 N–H and O–H groups in total. The second-order valence-electron chi connectivity index (χ2n) is 14.6. The second-order valence-corrected chi connectivity index (χ2v) is 14.6. The van der Waals surface area contributed by atoms with Crippen LogP contribution in [-0.2, 0) is 4.79 Å². The molecule has 33 heavy (non-hydrogen) atoms. The Hall–Kier alpha value is -0.630. The Morgan fingerprint density at radius 1 is 1.03 bits per heavy atom. The van der Waals surface area contributed by atoms with E-state index in [2.05, 4.69) is 62.0 Å². The zero-order chi connectivity index (χ0) is 24.6. The standard InChI is InChI=1S/C31H52O2/c1-20(2)21(3)12-19-31(9,33)23-13-17-29(7)22(23)10-11-25-28(6)16-15-26(32)27(4,5)24(28)14-18-30(25,29)8/h21-25,33H,1,10-19H2,2-9H3. The molecule has 188 valence electrons. The predicted molar refractivity (Wildman–Crippen MR) is 138 cm³/mol. The fourth-order valence-corrected chi connectivity index (χ4v) is 10.2. The normalized spacial score (nSPS) is 47.1. The van der Waals surface area contributed by atoms with Crippen molar-refractivity contribution in [3.05, 3.63) is 12.2 Å². The first-order chi connectivity index (χ1) is 15.1. The molecule has 0 aromatic carbocycles. The van der Waals surface area contributed by atoms with Gasteiger partial charge in [0.25, 0.3) is 0 Å². The number of ketones is 1. The molecule has 0 aliphatic heterocycles. The van der Waals surface area contributed by atoms with E-state index in [4.69, 9.17) is 0 Å². The lowest BCUT2D eigenvalue weighted by Gasteiger charge is -2.69. The van der Waals surface area contributed by atoms with Crippen molar-refractivity contribution in [2.24, 2.45) is 51.2 Å². The average Bonchev–Trinajstić information content (AvgIpc) is 3.08. The molecule has 4 aliphatic rings. The Labute approximate surface area is 204 Å². The van der Waals surface area contributed by atoms with Gasteiger partial charge < -0.3 is 5.11 Å². The van der Waals surface area contributed by atoms with Crippen molar-refractivity contribution in [1.29, 1.82) is 0 Å². The van der Waals surface area contributed by atoms with E-state index in [9.17, 15) is 9.90 Å². The molecule has 0 aromatic heterocycles. The van der Waals surface area contributed by atoms with Gasteiger partial charge in [-0.15, -0.1) is 0 Å². The molecule has 9 atom stereocenters. The fraction of sp³-hybridized carbons (Fsp3) is 0.903. The fourth-order valence-electron chi connectivity index (χ4n) is 10.2. The van der Waals surface area contributed by atoms with Gasteiger partial charge in [0.1, 0.15) is 5.78 Å². The molecule has 2 nitrogen and oxygen atoms in total. The first kappa shape index (κ1) is 25.5. The summed E-state index contributed by atoms with van der Waals surface area (Å²) in [5.41, 5.74) is 1.35. The Morgan fingerprint density at radius 2 is 1.67 bits per heavy atom. The lowest BCUT2D eigenvalue weighted by Crippen LogP contribution is -2.63. The van der Waals surface area contributed by atoms with Gasteiger partial charge in [0.05, 0.1) is 5.60 Å². The third-order valence-corrected chi connectivity index (χ3v) is 12.9. The third-order valence-electron chi connectivity index (χ3n) is 12.9. The van der Waals surface area contributed by atoms with Crippen LogP contribution in [0.2, 0.25) is 0 Å². The van der Waals surface area contributed by atoms with Crippen LogP contribution in [0.25, 0.3) is 0 Å². The van der Waals surface area contributed by atoms with E-state index in [0.29, 0.717) is 46.2 Å². The maximum absolute atomic E-state index is 12.9. The van der Waals surface area contributed by atoms with Crippen molar-refractivity contribution in [2.45, 2.75) is 125 Å². The highest BCUT2D eigenvalue weighted by atomic mass is 16.3. The summed E-state index contributed by atoms with van der Waals surface area (Å²) >= 11 is 0. The summed E-state index contributed by atoms with van der Waals surface area (Å²) in [7, 11) is 0. The molecule has 4 rings (SSSR count). The van der Waals surface area contributed by atoms with Gasteiger partial charge in [-0.05, 0) is 117 Å². The summed E-state index contributed by atoms with van der Waals surface area (Å²) < 4.78 is 0. The number of carbonyl (C=O) groups is 1. The monoisotopic (exact) mass is 456 g/mol. The predicted octanol–water partition coefficient (Wildman–Crippen LogP) is 7.98. The molecule has 4 aliphatic carbocycles. The Morgan fingerprint density at radius 3 is 2.30 bits per heavy atom. The molecular weight excluding hydrogens is 404 g/mol. The highest BCUT2D eigenvalue weighted by Gasteiger charge is 2.69. The van der Waals surface area contributed by atoms with Crippen LogP contribution in [0.4, 0.5) is 0 Å². The molecule has 4 fully saturated rings. The van der Waals surface area contributed by atoms with Gasteiger partial charge in [-0.3, -0.25) is 4.79 Å². The molecule has 2 heteroatoms. The van der Waals surface area contributed by atoms with Crippen molar-refractivity contribution in [2.75, 3.05) is 0 Å². The van der Waals surface area contributed by atoms with Crippen LogP contribution in [0.1, 0.15) is 120 Å². The van der Waals surface area contributed by atoms with Crippen LogP contribution in [-0.4, -0.2) is 16.5 Å². The van der Waals surface area contributed by atoms with Gasteiger partial charge in [-0.2, -0.15) is 0 Å². The molecule has 0 aromatic rings. The van der Waals surface area contributed by atoms with Crippen LogP contribution in [0.15, 0.2) is 12.2 Å². The highest BCUT2D eigenvalue weighted by Crippen LogP contribution is 2.75. The van der Waals surface area contributed by atoms with Gasteiger partial charge in [0.2, 0.25) is 0 Å². The van der Waals surface area contributed by atoms with Crippen molar-refractivity contribution in [3.63, 3.8) is 0 Å². The first-order valence-corrected chi connectivity index (χ1v) is 14.0. The zero-order valence-electron chi connectivity index (χ0n) is 23.0. The van der Waals surface area contributed by atoms with Crippen LogP contribution < -0.4 is 0 Å². The Balaban J connectivity index is 1.60. The minimum Gasteiger partial charge on any atom is -0.390 e. The minimum atomic E-state index is -0.588. The van der Waals surface area contributed by atoms with E-state index in [1.165, 1.54) is 44.1 Å². The van der Waals surface area contributed by atoms with Gasteiger partial charge in [-0.1, -0.05) is 53.7 Å². The number of fused-ring (bicyclic) bond motifs is 5. The maximum Gasteiger partial charge on any atom is 0.138 e. The lowest BCUT2D eigenvalue weighted by atomic mass is 9.35. The first-order valence-electron chi connectivity index (χ1n) is 14.0. The Bertz CT molecular complexity index is 808. The molecule has 0 heterocycles. The lowest BCUT2D eigenvalue weighted by molar-refractivity contribution is -0.207. The van der Waals surface area contributed by atoms with E-state index in [1.807, 2.05) is 0 Å². The SMILES string of the molecule is C=C(C)C(C)CCC(C)(O)C1CCC2(C)C1CCC1C3(C)CCC(=O)C(C)(C)C3CCC12C. The molecule has 0 bridgehead atoms. The van der Waals surface area contributed by atoms with E-state index >= 15 is 0 Å². The Kier molecular flexibility index (Phi) is 6.13. The summed E-state index contributed by atoms with van der Waals surface area (Å²) in [6, 6.07) is 0. The maximum atomic E-state index is 12.9. The van der Waals surface area contributed by atoms with Gasteiger partial charge in [0, 0.05) is 11.8 Å². The number of hydrogen-bond donors (Lipinski definition) is 1. The quantitative estimate of drug-likeness (QED) is 0.426. The van der Waals surface area contributed by atoms with E-state index in [1.54, 1.807) is 0 Å². The number of Topliss-reactive ketones (excluding diaryl/α,β-unsaturated/α-hetero) is 1. The molecule has 4 saturated carbocycles. The van der Waals surface area contributed by atoms with Gasteiger partial charge >= 0.3 is 0 Å². The molecule has 0 radical (unpaired) electrons. The summed E-state index contributed by atoms with van der Waals surface area (Å²) in [6.07, 6.45) is 11.2. The van der Waals surface area contributed by atoms with Crippen molar-refractivity contribution in [1.82, 2.24) is 0 Å². The molecule has 0 spiro atoms. The topological polar surface area (TPSA) is 37.3 Å². The summed E-state index contributed by atoms with van der Waals surface area (Å²) in [5.74, 6) is 3.22.